The van der Waals surface area contributed by atoms with Crippen molar-refractivity contribution in [1.82, 2.24) is 20.1 Å². The lowest BCUT2D eigenvalue weighted by molar-refractivity contribution is -0.141. The van der Waals surface area contributed by atoms with E-state index in [9.17, 15) is 22.4 Å². The molecule has 0 saturated heterocycles. The maximum absolute atomic E-state index is 13.0. The van der Waals surface area contributed by atoms with Gasteiger partial charge in [0, 0.05) is 6.54 Å². The van der Waals surface area contributed by atoms with Gasteiger partial charge in [-0.1, -0.05) is 24.3 Å². The molecule has 2 aromatic carbocycles. The summed E-state index contributed by atoms with van der Waals surface area (Å²) in [7, 11) is 0. The minimum absolute atomic E-state index is 0.345. The lowest BCUT2D eigenvalue weighted by Crippen LogP contribution is -2.39. The van der Waals surface area contributed by atoms with Crippen LogP contribution >= 0.6 is 0 Å². The van der Waals surface area contributed by atoms with Crippen LogP contribution in [-0.2, 0) is 6.54 Å². The molecule has 0 aliphatic carbocycles. The van der Waals surface area contributed by atoms with Crippen LogP contribution in [0.4, 0.5) is 17.6 Å². The number of aromatic nitrogens is 3. The van der Waals surface area contributed by atoms with Crippen LogP contribution in [0.1, 0.15) is 16.2 Å². The molecule has 0 fully saturated rings. The van der Waals surface area contributed by atoms with Crippen LogP contribution in [0, 0.1) is 5.82 Å². The quantitative estimate of drug-likeness (QED) is 0.666. The van der Waals surface area contributed by atoms with Gasteiger partial charge in [0.2, 0.25) is 5.82 Å². The smallest absolute Gasteiger partial charge is 0.322 e. The maximum atomic E-state index is 13.0. The summed E-state index contributed by atoms with van der Waals surface area (Å²) in [6.07, 6.45) is -4.61. The third-order valence-electron chi connectivity index (χ3n) is 3.50. The summed E-state index contributed by atoms with van der Waals surface area (Å²) in [5.41, 5.74) is 1.11. The molecule has 1 aromatic heterocycles. The van der Waals surface area contributed by atoms with Gasteiger partial charge in [0.15, 0.2) is 0 Å². The molecule has 0 N–H and O–H groups in total. The molecule has 0 aliphatic heterocycles. The van der Waals surface area contributed by atoms with Gasteiger partial charge in [0.1, 0.15) is 17.9 Å². The van der Waals surface area contributed by atoms with Crippen molar-refractivity contribution in [3.63, 3.8) is 0 Å². The number of halogens is 4. The van der Waals surface area contributed by atoms with Gasteiger partial charge in [-0.05, 0) is 29.8 Å². The summed E-state index contributed by atoms with van der Waals surface area (Å²) in [6, 6.07) is 11.4. The first-order valence-electron chi connectivity index (χ1n) is 7.52. The Morgan fingerprint density at radius 3 is 2.27 bits per heavy atom. The minimum Gasteiger partial charge on any atom is -0.322 e. The molecule has 0 unspecified atom stereocenters. The molecule has 26 heavy (non-hydrogen) atoms. The summed E-state index contributed by atoms with van der Waals surface area (Å²) in [5, 5.41) is 7.44. The van der Waals surface area contributed by atoms with Crippen molar-refractivity contribution < 1.29 is 22.4 Å². The topological polar surface area (TPSA) is 59.0 Å². The number of benzene rings is 2. The molecular formula is C17H12F4N4O. The second kappa shape index (κ2) is 7.03. The Hall–Kier alpha value is -3.10. The predicted octanol–water partition coefficient (Wildman–Crippen LogP) is 3.37. The molecule has 3 rings (SSSR count). The number of fused-ring (bicyclic) bond motifs is 1. The summed E-state index contributed by atoms with van der Waals surface area (Å²) in [5.74, 6) is -1.97. The van der Waals surface area contributed by atoms with Crippen molar-refractivity contribution in [2.24, 2.45) is 0 Å². The van der Waals surface area contributed by atoms with Crippen LogP contribution in [0.5, 0.6) is 0 Å². The van der Waals surface area contributed by atoms with Crippen molar-refractivity contribution in [3.8, 4) is 0 Å². The SMILES string of the molecule is O=C(c1nnc2ccccc2n1)N(Cc1ccc(F)cc1)CC(F)(F)F. The molecule has 0 radical (unpaired) electrons. The first-order chi connectivity index (χ1) is 12.3. The number of carbonyl (C=O) groups is 1. The molecule has 0 bridgehead atoms. The highest BCUT2D eigenvalue weighted by Gasteiger charge is 2.34. The standard InChI is InChI=1S/C17H12F4N4O/c18-12-7-5-11(6-8-12)9-25(10-17(19,20)21)16(26)15-22-13-3-1-2-4-14(13)23-24-15/h1-8H,9-10H2. The van der Waals surface area contributed by atoms with Crippen molar-refractivity contribution in [2.45, 2.75) is 12.7 Å². The van der Waals surface area contributed by atoms with Gasteiger partial charge in [0.25, 0.3) is 5.91 Å². The van der Waals surface area contributed by atoms with Crippen molar-refractivity contribution >= 4 is 16.9 Å². The third-order valence-corrected chi connectivity index (χ3v) is 3.50. The number of hydrogen-bond donors (Lipinski definition) is 0. The Morgan fingerprint density at radius 1 is 0.962 bits per heavy atom. The molecule has 0 atom stereocenters. The molecule has 0 spiro atoms. The van der Waals surface area contributed by atoms with Gasteiger partial charge >= 0.3 is 6.18 Å². The van der Waals surface area contributed by atoms with Crippen LogP contribution in [0.15, 0.2) is 48.5 Å². The van der Waals surface area contributed by atoms with Gasteiger partial charge in [-0.25, -0.2) is 9.37 Å². The van der Waals surface area contributed by atoms with Crippen LogP contribution in [0.3, 0.4) is 0 Å². The molecule has 9 heteroatoms. The van der Waals surface area contributed by atoms with E-state index in [1.165, 1.54) is 12.1 Å². The number of carbonyl (C=O) groups excluding carboxylic acids is 1. The number of hydrogen-bond acceptors (Lipinski definition) is 4. The van der Waals surface area contributed by atoms with Crippen molar-refractivity contribution in [3.05, 3.63) is 65.7 Å². The first-order valence-corrected chi connectivity index (χ1v) is 7.52. The van der Waals surface area contributed by atoms with Crippen LogP contribution in [0.25, 0.3) is 11.0 Å². The Balaban J connectivity index is 1.90. The van der Waals surface area contributed by atoms with E-state index in [1.807, 2.05) is 0 Å². The Kier molecular flexibility index (Phi) is 4.79. The van der Waals surface area contributed by atoms with E-state index in [4.69, 9.17) is 0 Å². The normalized spacial score (nSPS) is 11.5. The van der Waals surface area contributed by atoms with Gasteiger partial charge in [-0.2, -0.15) is 13.2 Å². The van der Waals surface area contributed by atoms with E-state index in [0.717, 1.165) is 12.1 Å². The molecule has 1 amide bonds. The van der Waals surface area contributed by atoms with Crippen LogP contribution < -0.4 is 0 Å². The van der Waals surface area contributed by atoms with Gasteiger partial charge < -0.3 is 4.90 Å². The number of amides is 1. The number of para-hydroxylation sites is 1. The second-order valence-electron chi connectivity index (χ2n) is 5.53. The van der Waals surface area contributed by atoms with E-state index < -0.39 is 30.3 Å². The fraction of sp³-hybridized carbons (Fsp3) is 0.176. The lowest BCUT2D eigenvalue weighted by atomic mass is 10.2. The summed E-state index contributed by atoms with van der Waals surface area (Å²) >= 11 is 0. The minimum atomic E-state index is -4.61. The predicted molar refractivity (Wildman–Crippen MR) is 84.5 cm³/mol. The van der Waals surface area contributed by atoms with Gasteiger partial charge in [0.05, 0.1) is 5.52 Å². The highest BCUT2D eigenvalue weighted by Crippen LogP contribution is 2.20. The monoisotopic (exact) mass is 364 g/mol. The summed E-state index contributed by atoms with van der Waals surface area (Å²) < 4.78 is 51.7. The highest BCUT2D eigenvalue weighted by molar-refractivity contribution is 5.91. The van der Waals surface area contributed by atoms with E-state index in [2.05, 4.69) is 15.2 Å². The highest BCUT2D eigenvalue weighted by atomic mass is 19.4. The fourth-order valence-corrected chi connectivity index (χ4v) is 2.34. The second-order valence-corrected chi connectivity index (χ2v) is 5.53. The lowest BCUT2D eigenvalue weighted by Gasteiger charge is -2.23. The molecule has 1 heterocycles. The number of alkyl halides is 3. The summed E-state index contributed by atoms with van der Waals surface area (Å²) in [4.78, 5) is 17.1. The molecule has 5 nitrogen and oxygen atoms in total. The van der Waals surface area contributed by atoms with E-state index in [0.29, 0.717) is 21.5 Å². The largest absolute Gasteiger partial charge is 0.406 e. The van der Waals surface area contributed by atoms with E-state index in [-0.39, 0.29) is 6.54 Å². The van der Waals surface area contributed by atoms with E-state index >= 15 is 0 Å². The number of nitrogens with zero attached hydrogens (tertiary/aromatic N) is 4. The van der Waals surface area contributed by atoms with Crippen molar-refractivity contribution in [1.29, 1.82) is 0 Å². The third kappa shape index (κ3) is 4.29. The Bertz CT molecular complexity index is 928. The average Bonchev–Trinajstić information content (AvgIpc) is 2.61. The zero-order chi connectivity index (χ0) is 18.7. The van der Waals surface area contributed by atoms with Crippen LogP contribution in [-0.4, -0.2) is 38.7 Å². The van der Waals surface area contributed by atoms with Gasteiger partial charge in [-0.15, -0.1) is 10.2 Å². The van der Waals surface area contributed by atoms with Crippen LogP contribution in [0.2, 0.25) is 0 Å². The first kappa shape index (κ1) is 17.7. The maximum Gasteiger partial charge on any atom is 0.406 e. The average molecular weight is 364 g/mol. The molecule has 0 aliphatic rings. The van der Waals surface area contributed by atoms with Crippen molar-refractivity contribution in [2.75, 3.05) is 6.54 Å². The summed E-state index contributed by atoms with van der Waals surface area (Å²) in [6.45, 7) is -1.85. The van der Waals surface area contributed by atoms with Gasteiger partial charge in [-0.3, -0.25) is 4.79 Å². The number of rotatable bonds is 4. The Labute approximate surface area is 145 Å². The molecule has 134 valence electrons. The molecular weight excluding hydrogens is 352 g/mol. The van der Waals surface area contributed by atoms with E-state index in [1.54, 1.807) is 24.3 Å². The fourth-order valence-electron chi connectivity index (χ4n) is 2.34. The zero-order valence-electron chi connectivity index (χ0n) is 13.2. The Morgan fingerprint density at radius 2 is 1.62 bits per heavy atom. The molecule has 3 aromatic rings. The molecule has 0 saturated carbocycles. The zero-order valence-corrected chi connectivity index (χ0v) is 13.2.